The van der Waals surface area contributed by atoms with Crippen LogP contribution in [0.4, 0.5) is 19.7 Å². The summed E-state index contributed by atoms with van der Waals surface area (Å²) in [5, 5.41) is 14.6. The first-order valence-electron chi connectivity index (χ1n) is 15.9. The van der Waals surface area contributed by atoms with Crippen molar-refractivity contribution in [2.75, 3.05) is 31.7 Å². The average Bonchev–Trinajstić information content (AvgIpc) is 3.05. The molecule has 0 unspecified atom stereocenters. The Hall–Kier alpha value is -4.84. The molecule has 3 aromatic carbocycles. The van der Waals surface area contributed by atoms with E-state index in [1.807, 2.05) is 42.5 Å². The number of rotatable bonds is 9. The lowest BCUT2D eigenvalue weighted by atomic mass is 9.87. The number of fused-ring (bicyclic) bond motifs is 1. The first-order chi connectivity index (χ1) is 22.8. The minimum Gasteiger partial charge on any atom is -0.497 e. The largest absolute Gasteiger partial charge is 0.497 e. The smallest absolute Gasteiger partial charge is 0.410 e. The van der Waals surface area contributed by atoms with Crippen LogP contribution in [0.15, 0.2) is 66.7 Å². The van der Waals surface area contributed by atoms with Gasteiger partial charge in [-0.15, -0.1) is 0 Å². The first-order valence-corrected chi connectivity index (χ1v) is 15.9. The number of hydrogen-bond acceptors (Lipinski definition) is 8. The van der Waals surface area contributed by atoms with Gasteiger partial charge in [0.25, 0.3) is 0 Å². The maximum absolute atomic E-state index is 15.4. The highest BCUT2D eigenvalue weighted by atomic mass is 19.1. The van der Waals surface area contributed by atoms with Crippen LogP contribution in [0.5, 0.6) is 11.5 Å². The standard InChI is InChI=1S/C36H42FN3O8/c1-35(2,3)48-34(43)39-19-18-36(44,30(21-39)38-33(42)46-22-25-8-6-5-7-9-25)23-47-29-16-15-28(37)32-27(29)14-17-31(41)40(32)20-24-10-12-26(45-4)13-11-24/h5-13,15-16,30,44H,14,17-23H2,1-4H3,(H,38,42)/t30-,36-/m1/s1. The van der Waals surface area contributed by atoms with Crippen LogP contribution in [0.3, 0.4) is 0 Å². The summed E-state index contributed by atoms with van der Waals surface area (Å²) in [5.41, 5.74) is -0.169. The fraction of sp³-hybridized carbons (Fsp3) is 0.417. The average molecular weight is 664 g/mol. The van der Waals surface area contributed by atoms with Gasteiger partial charge >= 0.3 is 12.2 Å². The molecule has 0 bridgehead atoms. The van der Waals surface area contributed by atoms with E-state index >= 15 is 4.39 Å². The Morgan fingerprint density at radius 1 is 1.02 bits per heavy atom. The number of benzene rings is 3. The third kappa shape index (κ3) is 8.35. The molecule has 3 amide bonds. The number of carbonyl (C=O) groups is 3. The molecule has 0 spiro atoms. The molecule has 2 heterocycles. The van der Waals surface area contributed by atoms with Gasteiger partial charge in [0.1, 0.15) is 41.7 Å². The van der Waals surface area contributed by atoms with E-state index in [9.17, 15) is 19.5 Å². The normalized spacial score (nSPS) is 19.3. The second-order valence-corrected chi connectivity index (χ2v) is 13.0. The second kappa shape index (κ2) is 14.5. The van der Waals surface area contributed by atoms with Crippen LogP contribution in [0, 0.1) is 5.82 Å². The molecule has 0 aromatic heterocycles. The molecular weight excluding hydrogens is 621 g/mol. The summed E-state index contributed by atoms with van der Waals surface area (Å²) in [6.45, 7) is 5.21. The molecule has 2 N–H and O–H groups in total. The molecule has 12 heteroatoms. The Kier molecular flexibility index (Phi) is 10.4. The number of halogens is 1. The van der Waals surface area contributed by atoms with Gasteiger partial charge in [-0.25, -0.2) is 14.0 Å². The van der Waals surface area contributed by atoms with Gasteiger partial charge in [0.05, 0.1) is 25.4 Å². The van der Waals surface area contributed by atoms with Gasteiger partial charge in [0.2, 0.25) is 5.91 Å². The molecule has 48 heavy (non-hydrogen) atoms. The fourth-order valence-electron chi connectivity index (χ4n) is 5.77. The predicted molar refractivity (Wildman–Crippen MR) is 175 cm³/mol. The van der Waals surface area contributed by atoms with Gasteiger partial charge in [-0.05, 0) is 69.0 Å². The number of ether oxygens (including phenoxy) is 4. The topological polar surface area (TPSA) is 127 Å². The number of anilines is 1. The van der Waals surface area contributed by atoms with Gasteiger partial charge in [-0.3, -0.25) is 4.79 Å². The predicted octanol–water partition coefficient (Wildman–Crippen LogP) is 5.36. The number of carbonyl (C=O) groups excluding carboxylic acids is 3. The Labute approximate surface area is 279 Å². The SMILES string of the molecule is COc1ccc(CN2C(=O)CCc3c(OC[C@]4(O)CCN(C(=O)OC(C)(C)C)C[C@H]4NC(=O)OCc4ccccc4)ccc(F)c32)cc1. The van der Waals surface area contributed by atoms with Crippen LogP contribution in [0.25, 0.3) is 0 Å². The molecule has 2 aliphatic heterocycles. The summed E-state index contributed by atoms with van der Waals surface area (Å²) in [6, 6.07) is 18.0. The van der Waals surface area contributed by atoms with Crippen molar-refractivity contribution in [1.29, 1.82) is 0 Å². The zero-order valence-corrected chi connectivity index (χ0v) is 27.7. The van der Waals surface area contributed by atoms with Crippen molar-refractivity contribution in [3.63, 3.8) is 0 Å². The Morgan fingerprint density at radius 2 is 1.75 bits per heavy atom. The van der Waals surface area contributed by atoms with Gasteiger partial charge in [0, 0.05) is 25.1 Å². The molecule has 2 atom stereocenters. The lowest BCUT2D eigenvalue weighted by molar-refractivity contribution is -0.119. The zero-order chi connectivity index (χ0) is 34.5. The highest BCUT2D eigenvalue weighted by Gasteiger charge is 2.46. The van der Waals surface area contributed by atoms with E-state index in [2.05, 4.69) is 5.32 Å². The second-order valence-electron chi connectivity index (χ2n) is 13.0. The molecule has 0 aliphatic carbocycles. The van der Waals surface area contributed by atoms with E-state index in [-0.39, 0.29) is 63.7 Å². The molecule has 0 saturated carbocycles. The van der Waals surface area contributed by atoms with Gasteiger partial charge in [-0.1, -0.05) is 42.5 Å². The van der Waals surface area contributed by atoms with Crippen molar-refractivity contribution in [3.05, 3.63) is 89.2 Å². The molecule has 1 saturated heterocycles. The third-order valence-electron chi connectivity index (χ3n) is 8.35. The number of alkyl carbamates (subject to hydrolysis) is 1. The third-order valence-corrected chi connectivity index (χ3v) is 8.35. The summed E-state index contributed by atoms with van der Waals surface area (Å²) >= 11 is 0. The Bertz CT molecular complexity index is 1610. The van der Waals surface area contributed by atoms with Crippen LogP contribution < -0.4 is 19.7 Å². The van der Waals surface area contributed by atoms with E-state index in [4.69, 9.17) is 18.9 Å². The van der Waals surface area contributed by atoms with Crippen LogP contribution in [-0.2, 0) is 33.8 Å². The van der Waals surface area contributed by atoms with Crippen molar-refractivity contribution in [2.24, 2.45) is 0 Å². The van der Waals surface area contributed by atoms with Gasteiger partial charge in [0.15, 0.2) is 0 Å². The lowest BCUT2D eigenvalue weighted by Crippen LogP contribution is -2.65. The summed E-state index contributed by atoms with van der Waals surface area (Å²) in [5.74, 6) is 0.190. The van der Waals surface area contributed by atoms with E-state index in [1.165, 1.54) is 21.9 Å². The van der Waals surface area contributed by atoms with Crippen LogP contribution >= 0.6 is 0 Å². The van der Waals surface area contributed by atoms with Crippen LogP contribution in [0.1, 0.15) is 50.3 Å². The minimum atomic E-state index is -1.64. The minimum absolute atomic E-state index is 0.0115. The first kappa shape index (κ1) is 34.5. The maximum atomic E-state index is 15.4. The Morgan fingerprint density at radius 3 is 2.44 bits per heavy atom. The van der Waals surface area contributed by atoms with Crippen molar-refractivity contribution >= 4 is 23.8 Å². The summed E-state index contributed by atoms with van der Waals surface area (Å²) < 4.78 is 37.7. The number of hydrogen-bond donors (Lipinski definition) is 2. The number of methoxy groups -OCH3 is 1. The van der Waals surface area contributed by atoms with Crippen molar-refractivity contribution < 1.29 is 42.8 Å². The van der Waals surface area contributed by atoms with E-state index in [0.717, 1.165) is 11.1 Å². The van der Waals surface area contributed by atoms with Crippen molar-refractivity contribution in [2.45, 2.75) is 70.4 Å². The number of amides is 3. The number of nitrogens with zero attached hydrogens (tertiary/aromatic N) is 2. The molecule has 256 valence electrons. The molecular formula is C36H42FN3O8. The lowest BCUT2D eigenvalue weighted by Gasteiger charge is -2.44. The van der Waals surface area contributed by atoms with Gasteiger partial charge < -0.3 is 39.2 Å². The van der Waals surface area contributed by atoms with E-state index in [0.29, 0.717) is 17.1 Å². The molecule has 5 rings (SSSR count). The number of aliphatic hydroxyl groups is 1. The molecule has 1 fully saturated rings. The fourth-order valence-corrected chi connectivity index (χ4v) is 5.77. The van der Waals surface area contributed by atoms with Gasteiger partial charge in [-0.2, -0.15) is 0 Å². The molecule has 0 radical (unpaired) electrons. The summed E-state index contributed by atoms with van der Waals surface area (Å²) in [4.78, 5) is 41.7. The highest BCUT2D eigenvalue weighted by molar-refractivity contribution is 5.97. The van der Waals surface area contributed by atoms with Crippen LogP contribution in [0.2, 0.25) is 0 Å². The number of piperidine rings is 1. The molecule has 11 nitrogen and oxygen atoms in total. The number of nitrogens with one attached hydrogen (secondary N) is 1. The maximum Gasteiger partial charge on any atom is 0.410 e. The Balaban J connectivity index is 1.34. The monoisotopic (exact) mass is 663 g/mol. The number of likely N-dealkylation sites (tertiary alicyclic amines) is 1. The van der Waals surface area contributed by atoms with Crippen molar-refractivity contribution in [1.82, 2.24) is 10.2 Å². The highest BCUT2D eigenvalue weighted by Crippen LogP contribution is 2.39. The van der Waals surface area contributed by atoms with Crippen molar-refractivity contribution in [3.8, 4) is 11.5 Å². The zero-order valence-electron chi connectivity index (χ0n) is 27.7. The molecule has 3 aromatic rings. The quantitative estimate of drug-likeness (QED) is 0.314. The summed E-state index contributed by atoms with van der Waals surface area (Å²) in [7, 11) is 1.56. The van der Waals surface area contributed by atoms with E-state index in [1.54, 1.807) is 40.0 Å². The van der Waals surface area contributed by atoms with E-state index < -0.39 is 35.2 Å². The molecule has 2 aliphatic rings. The van der Waals surface area contributed by atoms with Crippen LogP contribution in [-0.4, -0.2) is 72.2 Å². The summed E-state index contributed by atoms with van der Waals surface area (Å²) in [6.07, 6.45) is -0.917.